The fourth-order valence-electron chi connectivity index (χ4n) is 2.78. The summed E-state index contributed by atoms with van der Waals surface area (Å²) in [6.45, 7) is 7.32. The monoisotopic (exact) mass is 433 g/mol. The van der Waals surface area contributed by atoms with Crippen molar-refractivity contribution in [3.63, 3.8) is 0 Å². The molecule has 0 amide bonds. The van der Waals surface area contributed by atoms with Crippen LogP contribution >= 0.6 is 11.6 Å². The SMILES string of the molecule is CCN(CCO)CCC[C@H](C)Nc1ccnc2cc(Cl)ccc12.O=S(=O)(O)O. The average molecular weight is 434 g/mol. The van der Waals surface area contributed by atoms with Crippen molar-refractivity contribution in [2.24, 2.45) is 0 Å². The van der Waals surface area contributed by atoms with Gasteiger partial charge in [-0.3, -0.25) is 14.1 Å². The highest BCUT2D eigenvalue weighted by molar-refractivity contribution is 7.79. The molecule has 1 heterocycles. The molecule has 2 rings (SSSR count). The van der Waals surface area contributed by atoms with Crippen LogP contribution in [-0.2, 0) is 10.4 Å². The lowest BCUT2D eigenvalue weighted by atomic mass is 10.1. The van der Waals surface area contributed by atoms with E-state index in [2.05, 4.69) is 29.0 Å². The number of aliphatic hydroxyl groups is 1. The summed E-state index contributed by atoms with van der Waals surface area (Å²) in [6, 6.07) is 8.19. The molecule has 4 N–H and O–H groups in total. The van der Waals surface area contributed by atoms with Crippen LogP contribution in [0.25, 0.3) is 10.9 Å². The molecule has 0 saturated carbocycles. The van der Waals surface area contributed by atoms with Crippen LogP contribution in [0.1, 0.15) is 26.7 Å². The Bertz CT molecular complexity index is 827. The van der Waals surface area contributed by atoms with Crippen LogP contribution < -0.4 is 5.32 Å². The molecule has 0 spiro atoms. The summed E-state index contributed by atoms with van der Waals surface area (Å²) in [6.07, 6.45) is 4.00. The Kier molecular flexibility index (Phi) is 10.7. The molecule has 1 atom stereocenters. The third-order valence-electron chi connectivity index (χ3n) is 4.08. The third-order valence-corrected chi connectivity index (χ3v) is 4.32. The predicted molar refractivity (Wildman–Crippen MR) is 112 cm³/mol. The van der Waals surface area contributed by atoms with Crippen molar-refractivity contribution in [2.75, 3.05) is 31.6 Å². The minimum atomic E-state index is -4.67. The van der Waals surface area contributed by atoms with Crippen LogP contribution in [0, 0.1) is 0 Å². The Morgan fingerprint density at radius 2 is 1.93 bits per heavy atom. The van der Waals surface area contributed by atoms with Gasteiger partial charge in [-0.2, -0.15) is 8.42 Å². The van der Waals surface area contributed by atoms with Crippen molar-refractivity contribution >= 4 is 38.6 Å². The summed E-state index contributed by atoms with van der Waals surface area (Å²) >= 11 is 6.03. The summed E-state index contributed by atoms with van der Waals surface area (Å²) in [5.74, 6) is 0. The molecule has 28 heavy (non-hydrogen) atoms. The number of aliphatic hydroxyl groups excluding tert-OH is 1. The summed E-state index contributed by atoms with van der Waals surface area (Å²) in [5.41, 5.74) is 2.01. The van der Waals surface area contributed by atoms with Crippen molar-refractivity contribution in [1.82, 2.24) is 9.88 Å². The summed E-state index contributed by atoms with van der Waals surface area (Å²) in [4.78, 5) is 6.65. The van der Waals surface area contributed by atoms with Gasteiger partial charge in [0.25, 0.3) is 0 Å². The molecule has 2 aromatic rings. The first-order chi connectivity index (χ1) is 13.1. The average Bonchev–Trinajstić information content (AvgIpc) is 2.59. The van der Waals surface area contributed by atoms with E-state index in [1.165, 1.54) is 0 Å². The lowest BCUT2D eigenvalue weighted by Gasteiger charge is -2.21. The lowest BCUT2D eigenvalue weighted by Crippen LogP contribution is -2.28. The van der Waals surface area contributed by atoms with Gasteiger partial charge < -0.3 is 15.3 Å². The van der Waals surface area contributed by atoms with E-state index in [9.17, 15) is 0 Å². The maximum absolute atomic E-state index is 9.02. The number of fused-ring (bicyclic) bond motifs is 1. The van der Waals surface area contributed by atoms with E-state index in [-0.39, 0.29) is 6.61 Å². The minimum absolute atomic E-state index is 0.229. The van der Waals surface area contributed by atoms with Gasteiger partial charge in [0.15, 0.2) is 0 Å². The maximum Gasteiger partial charge on any atom is 0.394 e. The van der Waals surface area contributed by atoms with Crippen molar-refractivity contribution in [2.45, 2.75) is 32.7 Å². The second kappa shape index (κ2) is 12.2. The fraction of sp³-hybridized carbons (Fsp3) is 0.500. The molecule has 0 unspecified atom stereocenters. The Balaban J connectivity index is 0.000000696. The number of aromatic nitrogens is 1. The number of pyridine rings is 1. The van der Waals surface area contributed by atoms with Gasteiger partial charge in [0, 0.05) is 34.9 Å². The molecule has 10 heteroatoms. The standard InChI is InChI=1S/C18H26ClN3O.H2O4S/c1-3-22(11-12-23)10-4-5-14(2)21-17-8-9-20-18-13-15(19)6-7-16(17)18;1-5(2,3)4/h6-9,13-14,23H,3-5,10-12H2,1-2H3,(H,20,21);(H2,1,2,3,4)/t14-;/m0./s1. The van der Waals surface area contributed by atoms with Gasteiger partial charge in [-0.05, 0) is 57.1 Å². The number of nitrogens with one attached hydrogen (secondary N) is 1. The van der Waals surface area contributed by atoms with Crippen molar-refractivity contribution < 1.29 is 22.6 Å². The zero-order valence-corrected chi connectivity index (χ0v) is 17.6. The lowest BCUT2D eigenvalue weighted by molar-refractivity contribution is 0.199. The Hall–Kier alpha value is -1.49. The van der Waals surface area contributed by atoms with Crippen LogP contribution in [0.4, 0.5) is 5.69 Å². The number of nitrogens with zero attached hydrogens (tertiary/aromatic N) is 2. The highest BCUT2D eigenvalue weighted by atomic mass is 35.5. The fourth-order valence-corrected chi connectivity index (χ4v) is 2.94. The van der Waals surface area contributed by atoms with E-state index in [1.54, 1.807) is 0 Å². The molecule has 0 aliphatic rings. The molecule has 158 valence electrons. The van der Waals surface area contributed by atoms with Crippen molar-refractivity contribution in [3.8, 4) is 0 Å². The normalized spacial score (nSPS) is 12.5. The number of hydrogen-bond acceptors (Lipinski definition) is 6. The second-order valence-electron chi connectivity index (χ2n) is 6.31. The molecule has 0 bridgehead atoms. The topological polar surface area (TPSA) is 123 Å². The van der Waals surface area contributed by atoms with Crippen molar-refractivity contribution in [1.29, 1.82) is 0 Å². The molecule has 1 aromatic heterocycles. The Morgan fingerprint density at radius 3 is 2.54 bits per heavy atom. The third kappa shape index (κ3) is 10.2. The molecular formula is C18H28ClN3O5S. The van der Waals surface area contributed by atoms with Crippen LogP contribution in [0.5, 0.6) is 0 Å². The first-order valence-corrected chi connectivity index (χ1v) is 10.8. The molecule has 1 aromatic carbocycles. The van der Waals surface area contributed by atoms with E-state index >= 15 is 0 Å². The Morgan fingerprint density at radius 1 is 1.25 bits per heavy atom. The minimum Gasteiger partial charge on any atom is -0.395 e. The maximum atomic E-state index is 9.02. The van der Waals surface area contributed by atoms with Crippen LogP contribution in [0.2, 0.25) is 5.02 Å². The number of likely N-dealkylation sites (N-methyl/N-ethyl adjacent to an activating group) is 1. The first-order valence-electron chi connectivity index (χ1n) is 8.98. The molecule has 8 nitrogen and oxygen atoms in total. The van der Waals surface area contributed by atoms with Gasteiger partial charge in [-0.25, -0.2) is 0 Å². The van der Waals surface area contributed by atoms with E-state index in [4.69, 9.17) is 34.2 Å². The molecule has 0 radical (unpaired) electrons. The highest BCUT2D eigenvalue weighted by Crippen LogP contribution is 2.25. The predicted octanol–water partition coefficient (Wildman–Crippen LogP) is 3.13. The largest absolute Gasteiger partial charge is 0.395 e. The van der Waals surface area contributed by atoms with Gasteiger partial charge in [0.05, 0.1) is 12.1 Å². The smallest absolute Gasteiger partial charge is 0.394 e. The van der Waals surface area contributed by atoms with E-state index < -0.39 is 10.4 Å². The van der Waals surface area contributed by atoms with Gasteiger partial charge in [0.1, 0.15) is 0 Å². The summed E-state index contributed by atoms with van der Waals surface area (Å²) in [5, 5.41) is 14.4. The molecule has 0 aliphatic carbocycles. The van der Waals surface area contributed by atoms with Crippen molar-refractivity contribution in [3.05, 3.63) is 35.5 Å². The van der Waals surface area contributed by atoms with E-state index in [0.717, 1.165) is 49.1 Å². The summed E-state index contributed by atoms with van der Waals surface area (Å²) in [7, 11) is -4.67. The number of halogens is 1. The molecule has 0 fully saturated rings. The van der Waals surface area contributed by atoms with Crippen LogP contribution in [0.15, 0.2) is 30.5 Å². The molecular weight excluding hydrogens is 406 g/mol. The van der Waals surface area contributed by atoms with Crippen LogP contribution in [0.3, 0.4) is 0 Å². The van der Waals surface area contributed by atoms with Crippen LogP contribution in [-0.4, -0.2) is 64.8 Å². The van der Waals surface area contributed by atoms with E-state index in [0.29, 0.717) is 11.1 Å². The van der Waals surface area contributed by atoms with Gasteiger partial charge in [0.2, 0.25) is 0 Å². The number of anilines is 1. The highest BCUT2D eigenvalue weighted by Gasteiger charge is 2.08. The first kappa shape index (κ1) is 24.5. The van der Waals surface area contributed by atoms with Gasteiger partial charge >= 0.3 is 10.4 Å². The molecule has 0 saturated heterocycles. The number of rotatable bonds is 9. The zero-order valence-electron chi connectivity index (χ0n) is 16.0. The quantitative estimate of drug-likeness (QED) is 0.445. The molecule has 0 aliphatic heterocycles. The van der Waals surface area contributed by atoms with Gasteiger partial charge in [-0.1, -0.05) is 18.5 Å². The zero-order chi connectivity index (χ0) is 21.2. The van der Waals surface area contributed by atoms with E-state index in [1.807, 2.05) is 30.5 Å². The van der Waals surface area contributed by atoms with Gasteiger partial charge in [-0.15, -0.1) is 0 Å². The number of benzene rings is 1. The summed E-state index contributed by atoms with van der Waals surface area (Å²) < 4.78 is 31.6. The second-order valence-corrected chi connectivity index (χ2v) is 7.65. The Labute approximate surface area is 171 Å². The number of hydrogen-bond donors (Lipinski definition) is 4.